The van der Waals surface area contributed by atoms with Gasteiger partial charge in [0.25, 0.3) is 0 Å². The number of furan rings is 1. The van der Waals surface area contributed by atoms with Crippen molar-refractivity contribution < 1.29 is 23.5 Å². The standard InChI is InChI=1S/C11H15NO5/c1-3-16-11(14)9-6-7(10(13)15-2)8(17-9)4-5-12/h6H,3-5,12H2,1-2H3. The number of carbonyl (C=O) groups excluding carboxylic acids is 2. The molecule has 0 bridgehead atoms. The van der Waals surface area contributed by atoms with Gasteiger partial charge in [-0.15, -0.1) is 0 Å². The Balaban J connectivity index is 3.03. The van der Waals surface area contributed by atoms with Crippen LogP contribution in [-0.4, -0.2) is 32.2 Å². The molecule has 0 unspecified atom stereocenters. The van der Waals surface area contributed by atoms with E-state index in [0.29, 0.717) is 18.7 Å². The van der Waals surface area contributed by atoms with Crippen LogP contribution >= 0.6 is 0 Å². The molecule has 17 heavy (non-hydrogen) atoms. The van der Waals surface area contributed by atoms with Crippen LogP contribution in [0.1, 0.15) is 33.6 Å². The summed E-state index contributed by atoms with van der Waals surface area (Å²) in [5.74, 6) is -0.855. The van der Waals surface area contributed by atoms with E-state index in [1.807, 2.05) is 0 Å². The lowest BCUT2D eigenvalue weighted by molar-refractivity contribution is 0.0487. The molecular weight excluding hydrogens is 226 g/mol. The van der Waals surface area contributed by atoms with Crippen LogP contribution in [0.5, 0.6) is 0 Å². The van der Waals surface area contributed by atoms with E-state index in [1.54, 1.807) is 6.92 Å². The zero-order chi connectivity index (χ0) is 12.8. The molecule has 6 nitrogen and oxygen atoms in total. The van der Waals surface area contributed by atoms with Gasteiger partial charge in [-0.25, -0.2) is 9.59 Å². The molecule has 6 heteroatoms. The summed E-state index contributed by atoms with van der Waals surface area (Å²) in [6, 6.07) is 1.31. The van der Waals surface area contributed by atoms with E-state index in [1.165, 1.54) is 13.2 Å². The van der Waals surface area contributed by atoms with Gasteiger partial charge in [-0.1, -0.05) is 0 Å². The molecule has 0 amide bonds. The first kappa shape index (κ1) is 13.2. The van der Waals surface area contributed by atoms with Crippen LogP contribution in [0, 0.1) is 0 Å². The highest BCUT2D eigenvalue weighted by atomic mass is 16.5. The van der Waals surface area contributed by atoms with E-state index in [0.717, 1.165) is 0 Å². The predicted octanol–water partition coefficient (Wildman–Crippen LogP) is 0.744. The Morgan fingerprint density at radius 1 is 1.41 bits per heavy atom. The van der Waals surface area contributed by atoms with Gasteiger partial charge in [0.1, 0.15) is 11.3 Å². The lowest BCUT2D eigenvalue weighted by atomic mass is 10.2. The van der Waals surface area contributed by atoms with Crippen molar-refractivity contribution in [1.82, 2.24) is 0 Å². The number of carbonyl (C=O) groups is 2. The van der Waals surface area contributed by atoms with Crippen LogP contribution in [-0.2, 0) is 15.9 Å². The summed E-state index contributed by atoms with van der Waals surface area (Å²) in [5.41, 5.74) is 5.60. The van der Waals surface area contributed by atoms with Gasteiger partial charge in [0.05, 0.1) is 13.7 Å². The molecule has 1 aromatic heterocycles. The third-order valence-corrected chi connectivity index (χ3v) is 2.06. The van der Waals surface area contributed by atoms with Crippen LogP contribution in [0.4, 0.5) is 0 Å². The number of esters is 2. The summed E-state index contributed by atoms with van der Waals surface area (Å²) in [6.07, 6.45) is 0.351. The Labute approximate surface area is 98.7 Å². The molecule has 2 N–H and O–H groups in total. The molecule has 0 saturated heterocycles. The summed E-state index contributed by atoms with van der Waals surface area (Å²) in [6.45, 7) is 2.22. The third-order valence-electron chi connectivity index (χ3n) is 2.06. The Hall–Kier alpha value is -1.82. The average molecular weight is 241 g/mol. The van der Waals surface area contributed by atoms with Crippen LogP contribution in [0.2, 0.25) is 0 Å². The number of nitrogens with two attached hydrogens (primary N) is 1. The zero-order valence-electron chi connectivity index (χ0n) is 9.82. The van der Waals surface area contributed by atoms with Crippen molar-refractivity contribution in [3.63, 3.8) is 0 Å². The number of hydrogen-bond acceptors (Lipinski definition) is 6. The molecule has 0 radical (unpaired) electrons. The number of methoxy groups -OCH3 is 1. The van der Waals surface area contributed by atoms with Crippen molar-refractivity contribution >= 4 is 11.9 Å². The van der Waals surface area contributed by atoms with Gasteiger partial charge in [0, 0.05) is 12.5 Å². The zero-order valence-corrected chi connectivity index (χ0v) is 9.82. The minimum absolute atomic E-state index is 0.0179. The van der Waals surface area contributed by atoms with Gasteiger partial charge >= 0.3 is 11.9 Å². The Kier molecular flexibility index (Phi) is 4.71. The van der Waals surface area contributed by atoms with Gasteiger partial charge in [-0.3, -0.25) is 0 Å². The van der Waals surface area contributed by atoms with E-state index in [4.69, 9.17) is 14.9 Å². The van der Waals surface area contributed by atoms with Crippen molar-refractivity contribution in [2.75, 3.05) is 20.3 Å². The highest BCUT2D eigenvalue weighted by molar-refractivity contribution is 5.94. The fourth-order valence-corrected chi connectivity index (χ4v) is 1.33. The van der Waals surface area contributed by atoms with Crippen molar-refractivity contribution in [3.8, 4) is 0 Å². The summed E-state index contributed by atoms with van der Waals surface area (Å²) in [7, 11) is 1.26. The molecule has 1 aromatic rings. The van der Waals surface area contributed by atoms with Gasteiger partial charge < -0.3 is 19.6 Å². The smallest absolute Gasteiger partial charge is 0.374 e. The van der Waals surface area contributed by atoms with E-state index >= 15 is 0 Å². The molecule has 1 rings (SSSR count). The van der Waals surface area contributed by atoms with E-state index in [9.17, 15) is 9.59 Å². The second-order valence-electron chi connectivity index (χ2n) is 3.20. The quantitative estimate of drug-likeness (QED) is 0.764. The number of rotatable bonds is 5. The van der Waals surface area contributed by atoms with Crippen molar-refractivity contribution in [1.29, 1.82) is 0 Å². The Morgan fingerprint density at radius 3 is 2.65 bits per heavy atom. The molecular formula is C11H15NO5. The molecule has 94 valence electrons. The fraction of sp³-hybridized carbons (Fsp3) is 0.455. The lowest BCUT2D eigenvalue weighted by Crippen LogP contribution is -2.07. The van der Waals surface area contributed by atoms with E-state index in [2.05, 4.69) is 4.74 Å². The SMILES string of the molecule is CCOC(=O)c1cc(C(=O)OC)c(CCN)o1. The maximum absolute atomic E-state index is 11.4. The topological polar surface area (TPSA) is 91.8 Å². The molecule has 0 aliphatic heterocycles. The Morgan fingerprint density at radius 2 is 2.12 bits per heavy atom. The van der Waals surface area contributed by atoms with Gasteiger partial charge in [0.15, 0.2) is 0 Å². The summed E-state index contributed by atoms with van der Waals surface area (Å²) >= 11 is 0. The molecule has 0 saturated carbocycles. The van der Waals surface area contributed by atoms with Crippen LogP contribution in [0.15, 0.2) is 10.5 Å². The average Bonchev–Trinajstić information content (AvgIpc) is 2.73. The normalized spacial score (nSPS) is 10.1. The van der Waals surface area contributed by atoms with Gasteiger partial charge in [-0.2, -0.15) is 0 Å². The number of ether oxygens (including phenoxy) is 2. The molecule has 0 aromatic carbocycles. The van der Waals surface area contributed by atoms with Crippen LogP contribution < -0.4 is 5.73 Å². The van der Waals surface area contributed by atoms with Crippen molar-refractivity contribution in [2.24, 2.45) is 5.73 Å². The first-order valence-corrected chi connectivity index (χ1v) is 5.22. The molecule has 0 aliphatic carbocycles. The van der Waals surface area contributed by atoms with E-state index in [-0.39, 0.29) is 17.9 Å². The fourth-order valence-electron chi connectivity index (χ4n) is 1.33. The van der Waals surface area contributed by atoms with Gasteiger partial charge in [0.2, 0.25) is 5.76 Å². The minimum atomic E-state index is -0.610. The first-order valence-electron chi connectivity index (χ1n) is 5.22. The Bertz CT molecular complexity index is 410. The molecule has 0 atom stereocenters. The van der Waals surface area contributed by atoms with E-state index < -0.39 is 11.9 Å². The molecule has 0 spiro atoms. The maximum atomic E-state index is 11.4. The van der Waals surface area contributed by atoms with Crippen LogP contribution in [0.3, 0.4) is 0 Å². The highest BCUT2D eigenvalue weighted by Crippen LogP contribution is 2.18. The largest absolute Gasteiger partial charge is 0.465 e. The lowest BCUT2D eigenvalue weighted by Gasteiger charge is -1.98. The molecule has 0 aliphatic rings. The summed E-state index contributed by atoms with van der Waals surface area (Å²) in [4.78, 5) is 22.9. The van der Waals surface area contributed by atoms with Crippen molar-refractivity contribution in [3.05, 3.63) is 23.2 Å². The minimum Gasteiger partial charge on any atom is -0.465 e. The van der Waals surface area contributed by atoms with Gasteiger partial charge in [-0.05, 0) is 13.5 Å². The molecule has 0 fully saturated rings. The summed E-state index contributed by atoms with van der Waals surface area (Å²) in [5, 5.41) is 0. The highest BCUT2D eigenvalue weighted by Gasteiger charge is 2.22. The van der Waals surface area contributed by atoms with Crippen LogP contribution in [0.25, 0.3) is 0 Å². The second-order valence-corrected chi connectivity index (χ2v) is 3.20. The summed E-state index contributed by atoms with van der Waals surface area (Å²) < 4.78 is 14.6. The maximum Gasteiger partial charge on any atom is 0.374 e. The monoisotopic (exact) mass is 241 g/mol. The first-order chi connectivity index (χ1) is 8.13. The van der Waals surface area contributed by atoms with Crippen molar-refractivity contribution in [2.45, 2.75) is 13.3 Å². The number of hydrogen-bond donors (Lipinski definition) is 1. The predicted molar refractivity (Wildman–Crippen MR) is 58.8 cm³/mol. The third kappa shape index (κ3) is 3.07. The second kappa shape index (κ2) is 6.05. The molecule has 1 heterocycles.